The van der Waals surface area contributed by atoms with Gasteiger partial charge >= 0.3 is 0 Å². The fourth-order valence-electron chi connectivity index (χ4n) is 3.36. The number of piperidine rings is 1. The Morgan fingerprint density at radius 2 is 2.11 bits per heavy atom. The molecule has 1 aromatic rings. The summed E-state index contributed by atoms with van der Waals surface area (Å²) in [7, 11) is 4.00. The van der Waals surface area contributed by atoms with Crippen LogP contribution in [0.3, 0.4) is 0 Å². The molecule has 1 amide bonds. The van der Waals surface area contributed by atoms with Crippen LogP contribution in [0.4, 0.5) is 5.69 Å². The average Bonchev–Trinajstić information content (AvgIpc) is 2.86. The van der Waals surface area contributed by atoms with E-state index in [1.54, 1.807) is 10.9 Å². The SMILES string of the molecule is CN1CCCC2(CCN(c3cnn(C)c3)C2=O)C1. The quantitative estimate of drug-likeness (QED) is 0.740. The third-order valence-electron chi connectivity index (χ3n) is 4.28. The van der Waals surface area contributed by atoms with Crippen LogP contribution in [0, 0.1) is 5.41 Å². The van der Waals surface area contributed by atoms with E-state index < -0.39 is 0 Å². The Bertz CT molecular complexity index is 469. The molecule has 18 heavy (non-hydrogen) atoms. The summed E-state index contributed by atoms with van der Waals surface area (Å²) < 4.78 is 1.75. The lowest BCUT2D eigenvalue weighted by Crippen LogP contribution is -2.46. The van der Waals surface area contributed by atoms with E-state index in [1.165, 1.54) is 0 Å². The van der Waals surface area contributed by atoms with E-state index >= 15 is 0 Å². The van der Waals surface area contributed by atoms with Crippen LogP contribution in [0.25, 0.3) is 0 Å². The molecule has 2 fully saturated rings. The van der Waals surface area contributed by atoms with Crippen molar-refractivity contribution in [1.82, 2.24) is 14.7 Å². The highest BCUT2D eigenvalue weighted by Crippen LogP contribution is 2.41. The highest BCUT2D eigenvalue weighted by atomic mass is 16.2. The van der Waals surface area contributed by atoms with Gasteiger partial charge in [-0.05, 0) is 32.9 Å². The van der Waals surface area contributed by atoms with Crippen molar-refractivity contribution in [3.05, 3.63) is 12.4 Å². The van der Waals surface area contributed by atoms with E-state index in [4.69, 9.17) is 0 Å². The number of hydrogen-bond acceptors (Lipinski definition) is 3. The van der Waals surface area contributed by atoms with Crippen molar-refractivity contribution in [3.8, 4) is 0 Å². The zero-order valence-corrected chi connectivity index (χ0v) is 11.1. The number of hydrogen-bond donors (Lipinski definition) is 0. The highest BCUT2D eigenvalue weighted by molar-refractivity contribution is 5.99. The fourth-order valence-corrected chi connectivity index (χ4v) is 3.36. The van der Waals surface area contributed by atoms with E-state index in [0.29, 0.717) is 5.91 Å². The van der Waals surface area contributed by atoms with Gasteiger partial charge in [0.25, 0.3) is 0 Å². The van der Waals surface area contributed by atoms with Crippen LogP contribution in [0.1, 0.15) is 19.3 Å². The van der Waals surface area contributed by atoms with Crippen molar-refractivity contribution in [2.45, 2.75) is 19.3 Å². The average molecular weight is 248 g/mol. The molecule has 0 aliphatic carbocycles. The van der Waals surface area contributed by atoms with Crippen molar-refractivity contribution in [2.24, 2.45) is 12.5 Å². The van der Waals surface area contributed by atoms with Gasteiger partial charge in [0.05, 0.1) is 17.3 Å². The smallest absolute Gasteiger partial charge is 0.234 e. The second kappa shape index (κ2) is 4.09. The van der Waals surface area contributed by atoms with Crippen LogP contribution < -0.4 is 4.90 Å². The maximum Gasteiger partial charge on any atom is 0.234 e. The molecular formula is C13H20N4O. The minimum atomic E-state index is -0.136. The van der Waals surface area contributed by atoms with Gasteiger partial charge in [-0.3, -0.25) is 9.48 Å². The first-order valence-electron chi connectivity index (χ1n) is 6.60. The minimum Gasteiger partial charge on any atom is -0.309 e. The molecule has 3 heterocycles. The number of anilines is 1. The van der Waals surface area contributed by atoms with Crippen LogP contribution in [-0.2, 0) is 11.8 Å². The van der Waals surface area contributed by atoms with Crippen molar-refractivity contribution >= 4 is 11.6 Å². The number of likely N-dealkylation sites (tertiary alicyclic amines) is 1. The van der Waals surface area contributed by atoms with Gasteiger partial charge in [-0.15, -0.1) is 0 Å². The van der Waals surface area contributed by atoms with Crippen LogP contribution in [0.5, 0.6) is 0 Å². The molecule has 1 atom stereocenters. The maximum absolute atomic E-state index is 12.7. The zero-order valence-electron chi connectivity index (χ0n) is 11.1. The predicted molar refractivity (Wildman–Crippen MR) is 69.3 cm³/mol. The van der Waals surface area contributed by atoms with Crippen LogP contribution in [-0.4, -0.2) is 47.3 Å². The first-order valence-corrected chi connectivity index (χ1v) is 6.60. The summed E-state index contributed by atoms with van der Waals surface area (Å²) in [6.07, 6.45) is 6.84. The monoisotopic (exact) mass is 248 g/mol. The molecular weight excluding hydrogens is 228 g/mol. The van der Waals surface area contributed by atoms with Crippen molar-refractivity contribution in [1.29, 1.82) is 0 Å². The standard InChI is InChI=1S/C13H20N4O/c1-15-6-3-4-13(10-15)5-7-17(12(13)18)11-8-14-16(2)9-11/h8-9H,3-7,10H2,1-2H3. The van der Waals surface area contributed by atoms with Crippen molar-refractivity contribution < 1.29 is 4.79 Å². The van der Waals surface area contributed by atoms with Gasteiger partial charge in [-0.25, -0.2) is 0 Å². The maximum atomic E-state index is 12.7. The summed E-state index contributed by atoms with van der Waals surface area (Å²) in [5.41, 5.74) is 0.802. The summed E-state index contributed by atoms with van der Waals surface area (Å²) in [6.45, 7) is 2.85. The van der Waals surface area contributed by atoms with Crippen molar-refractivity contribution in [2.75, 3.05) is 31.6 Å². The largest absolute Gasteiger partial charge is 0.309 e. The predicted octanol–water partition coefficient (Wildman–Crippen LogP) is 0.869. The summed E-state index contributed by atoms with van der Waals surface area (Å²) in [4.78, 5) is 16.9. The van der Waals surface area contributed by atoms with Gasteiger partial charge < -0.3 is 9.80 Å². The molecule has 5 heteroatoms. The third-order valence-corrected chi connectivity index (χ3v) is 4.28. The fraction of sp³-hybridized carbons (Fsp3) is 0.692. The molecule has 0 saturated carbocycles. The van der Waals surface area contributed by atoms with Gasteiger partial charge in [0, 0.05) is 26.3 Å². The molecule has 3 rings (SSSR count). The molecule has 0 radical (unpaired) electrons. The summed E-state index contributed by atoms with van der Waals surface area (Å²) in [5.74, 6) is 0.294. The van der Waals surface area contributed by atoms with Gasteiger partial charge in [0.2, 0.25) is 5.91 Å². The molecule has 0 N–H and O–H groups in total. The number of carbonyl (C=O) groups is 1. The van der Waals surface area contributed by atoms with Crippen LogP contribution in [0.2, 0.25) is 0 Å². The van der Waals surface area contributed by atoms with Gasteiger partial charge in [-0.2, -0.15) is 5.10 Å². The molecule has 2 aliphatic heterocycles. The molecule has 0 bridgehead atoms. The summed E-state index contributed by atoms with van der Waals surface area (Å²) in [5, 5.41) is 4.16. The second-order valence-electron chi connectivity index (χ2n) is 5.70. The molecule has 0 aromatic carbocycles. The molecule has 1 aromatic heterocycles. The number of rotatable bonds is 1. The highest BCUT2D eigenvalue weighted by Gasteiger charge is 2.48. The Morgan fingerprint density at radius 3 is 2.78 bits per heavy atom. The molecule has 1 spiro atoms. The Morgan fingerprint density at radius 1 is 1.28 bits per heavy atom. The Labute approximate surface area is 107 Å². The third kappa shape index (κ3) is 1.73. The van der Waals surface area contributed by atoms with E-state index in [-0.39, 0.29) is 5.41 Å². The molecule has 1 unspecified atom stereocenters. The number of amides is 1. The molecule has 2 aliphatic rings. The Kier molecular flexibility index (Phi) is 2.66. The Hall–Kier alpha value is -1.36. The van der Waals surface area contributed by atoms with E-state index in [0.717, 1.165) is 44.6 Å². The van der Waals surface area contributed by atoms with Crippen molar-refractivity contribution in [3.63, 3.8) is 0 Å². The summed E-state index contributed by atoms with van der Waals surface area (Å²) >= 11 is 0. The number of nitrogens with zero attached hydrogens (tertiary/aromatic N) is 4. The van der Waals surface area contributed by atoms with Gasteiger partial charge in [0.15, 0.2) is 0 Å². The Balaban J connectivity index is 1.84. The molecule has 5 nitrogen and oxygen atoms in total. The van der Waals surface area contributed by atoms with Gasteiger partial charge in [0.1, 0.15) is 0 Å². The second-order valence-corrected chi connectivity index (χ2v) is 5.70. The van der Waals surface area contributed by atoms with E-state index in [1.807, 2.05) is 18.1 Å². The molecule has 98 valence electrons. The van der Waals surface area contributed by atoms with Gasteiger partial charge in [-0.1, -0.05) is 0 Å². The number of aromatic nitrogens is 2. The topological polar surface area (TPSA) is 41.4 Å². The summed E-state index contributed by atoms with van der Waals surface area (Å²) in [6, 6.07) is 0. The van der Waals surface area contributed by atoms with Crippen LogP contribution in [0.15, 0.2) is 12.4 Å². The minimum absolute atomic E-state index is 0.136. The first-order chi connectivity index (χ1) is 8.61. The normalized spacial score (nSPS) is 29.4. The molecule has 2 saturated heterocycles. The van der Waals surface area contributed by atoms with E-state index in [9.17, 15) is 4.79 Å². The first kappa shape index (κ1) is 11.7. The number of carbonyl (C=O) groups excluding carboxylic acids is 1. The lowest BCUT2D eigenvalue weighted by atomic mass is 9.78. The lowest BCUT2D eigenvalue weighted by Gasteiger charge is -2.36. The van der Waals surface area contributed by atoms with E-state index in [2.05, 4.69) is 17.0 Å². The number of aryl methyl sites for hydroxylation is 1. The zero-order chi connectivity index (χ0) is 12.8. The lowest BCUT2D eigenvalue weighted by molar-refractivity contribution is -0.128. The van der Waals surface area contributed by atoms with Crippen LogP contribution >= 0.6 is 0 Å².